The van der Waals surface area contributed by atoms with E-state index in [4.69, 9.17) is 4.99 Å². The smallest absolute Gasteiger partial charge is 0.244 e. The number of amides is 1. The normalized spacial score (nSPS) is 17.9. The SMILES string of the molecule is O=C1NCCCC1N=C(c1ccccc1)c1ccccc1. The summed E-state index contributed by atoms with van der Waals surface area (Å²) in [6, 6.07) is 19.8. The lowest BCUT2D eigenvalue weighted by Crippen LogP contribution is -2.39. The summed E-state index contributed by atoms with van der Waals surface area (Å²) in [4.78, 5) is 16.7. The number of nitrogens with zero attached hydrogens (tertiary/aromatic N) is 1. The van der Waals surface area contributed by atoms with Gasteiger partial charge in [-0.25, -0.2) is 0 Å². The van der Waals surface area contributed by atoms with Gasteiger partial charge in [0, 0.05) is 17.7 Å². The molecule has 1 N–H and O–H groups in total. The van der Waals surface area contributed by atoms with Crippen LogP contribution < -0.4 is 5.32 Å². The van der Waals surface area contributed by atoms with Crippen molar-refractivity contribution < 1.29 is 4.79 Å². The van der Waals surface area contributed by atoms with Crippen LogP contribution in [0.3, 0.4) is 0 Å². The van der Waals surface area contributed by atoms with Gasteiger partial charge in [-0.1, -0.05) is 60.7 Å². The van der Waals surface area contributed by atoms with E-state index in [0.29, 0.717) is 0 Å². The third-order valence-corrected chi connectivity index (χ3v) is 3.64. The van der Waals surface area contributed by atoms with Crippen LogP contribution in [0.1, 0.15) is 24.0 Å². The molecule has 1 atom stereocenters. The molecule has 1 unspecified atom stereocenters. The summed E-state index contributed by atoms with van der Waals surface area (Å²) in [5.74, 6) is 0.0330. The van der Waals surface area contributed by atoms with Crippen LogP contribution in [0.25, 0.3) is 0 Å². The van der Waals surface area contributed by atoms with E-state index < -0.39 is 0 Å². The third-order valence-electron chi connectivity index (χ3n) is 3.64. The molecule has 3 rings (SSSR count). The maximum Gasteiger partial charge on any atom is 0.244 e. The highest BCUT2D eigenvalue weighted by molar-refractivity contribution is 6.13. The van der Waals surface area contributed by atoms with E-state index in [1.807, 2.05) is 60.7 Å². The van der Waals surface area contributed by atoms with Gasteiger partial charge < -0.3 is 5.32 Å². The van der Waals surface area contributed by atoms with Gasteiger partial charge in [-0.05, 0) is 12.8 Å². The molecule has 0 radical (unpaired) electrons. The average Bonchev–Trinajstić information content (AvgIpc) is 2.56. The van der Waals surface area contributed by atoms with Gasteiger partial charge in [-0.15, -0.1) is 0 Å². The van der Waals surface area contributed by atoms with Gasteiger partial charge >= 0.3 is 0 Å². The van der Waals surface area contributed by atoms with E-state index in [2.05, 4.69) is 5.32 Å². The van der Waals surface area contributed by atoms with E-state index in [1.165, 1.54) is 0 Å². The molecule has 1 aliphatic heterocycles. The Bertz CT molecular complexity index is 593. The molecule has 3 heteroatoms. The molecule has 0 bridgehead atoms. The Morgan fingerprint density at radius 2 is 1.52 bits per heavy atom. The van der Waals surface area contributed by atoms with E-state index in [-0.39, 0.29) is 11.9 Å². The fourth-order valence-corrected chi connectivity index (χ4v) is 2.54. The number of aliphatic imine (C=N–C) groups is 1. The van der Waals surface area contributed by atoms with Crippen molar-refractivity contribution in [2.45, 2.75) is 18.9 Å². The lowest BCUT2D eigenvalue weighted by molar-refractivity contribution is -0.123. The van der Waals surface area contributed by atoms with Crippen LogP contribution in [0.15, 0.2) is 65.7 Å². The minimum Gasteiger partial charge on any atom is -0.354 e. The zero-order valence-corrected chi connectivity index (χ0v) is 11.8. The van der Waals surface area contributed by atoms with Gasteiger partial charge in [-0.2, -0.15) is 0 Å². The summed E-state index contributed by atoms with van der Waals surface area (Å²) in [5, 5.41) is 2.89. The van der Waals surface area contributed by atoms with Gasteiger partial charge in [0.1, 0.15) is 6.04 Å². The highest BCUT2D eigenvalue weighted by Gasteiger charge is 2.22. The zero-order valence-electron chi connectivity index (χ0n) is 11.8. The lowest BCUT2D eigenvalue weighted by atomic mass is 10.0. The summed E-state index contributed by atoms with van der Waals surface area (Å²) in [6.45, 7) is 0.761. The summed E-state index contributed by atoms with van der Waals surface area (Å²) in [6.07, 6.45) is 1.80. The first-order valence-electron chi connectivity index (χ1n) is 7.31. The topological polar surface area (TPSA) is 41.5 Å². The van der Waals surface area contributed by atoms with Gasteiger partial charge in [0.05, 0.1) is 5.71 Å². The van der Waals surface area contributed by atoms with Gasteiger partial charge in [0.2, 0.25) is 5.91 Å². The van der Waals surface area contributed by atoms with Crippen LogP contribution in [-0.2, 0) is 4.79 Å². The molecule has 2 aromatic rings. The maximum atomic E-state index is 12.0. The molecular formula is C18H18N2O. The molecule has 1 heterocycles. The van der Waals surface area contributed by atoms with E-state index in [0.717, 1.165) is 36.2 Å². The fraction of sp³-hybridized carbons (Fsp3) is 0.222. The highest BCUT2D eigenvalue weighted by atomic mass is 16.2. The monoisotopic (exact) mass is 278 g/mol. The number of carbonyl (C=O) groups excluding carboxylic acids is 1. The molecule has 1 fully saturated rings. The predicted octanol–water partition coefficient (Wildman–Crippen LogP) is 2.80. The zero-order chi connectivity index (χ0) is 14.5. The largest absolute Gasteiger partial charge is 0.354 e. The molecule has 106 valence electrons. The van der Waals surface area contributed by atoms with Gasteiger partial charge in [0.25, 0.3) is 0 Å². The van der Waals surface area contributed by atoms with Crippen molar-refractivity contribution in [1.29, 1.82) is 0 Å². The molecule has 1 aliphatic rings. The van der Waals surface area contributed by atoms with Crippen LogP contribution in [-0.4, -0.2) is 24.2 Å². The second-order valence-corrected chi connectivity index (χ2v) is 5.16. The minimum atomic E-state index is -0.283. The number of nitrogens with one attached hydrogen (secondary N) is 1. The predicted molar refractivity (Wildman–Crippen MR) is 84.6 cm³/mol. The van der Waals surface area contributed by atoms with Crippen molar-refractivity contribution in [1.82, 2.24) is 5.32 Å². The molecule has 21 heavy (non-hydrogen) atoms. The molecule has 0 saturated carbocycles. The summed E-state index contributed by atoms with van der Waals surface area (Å²) in [7, 11) is 0. The summed E-state index contributed by atoms with van der Waals surface area (Å²) < 4.78 is 0. The first-order chi connectivity index (χ1) is 10.3. The molecule has 3 nitrogen and oxygen atoms in total. The van der Waals surface area contributed by atoms with Crippen LogP contribution in [0.4, 0.5) is 0 Å². The standard InChI is InChI=1S/C18H18N2O/c21-18-16(12-7-13-19-18)20-17(14-8-3-1-4-9-14)15-10-5-2-6-11-15/h1-6,8-11,16H,7,12-13H2,(H,19,21). The number of carbonyl (C=O) groups is 1. The number of hydrogen-bond acceptors (Lipinski definition) is 2. The molecule has 2 aromatic carbocycles. The Labute approximate surface area is 124 Å². The Hall–Kier alpha value is -2.42. The van der Waals surface area contributed by atoms with Crippen molar-refractivity contribution in [2.24, 2.45) is 4.99 Å². The van der Waals surface area contributed by atoms with E-state index in [1.54, 1.807) is 0 Å². The molecule has 0 aliphatic carbocycles. The van der Waals surface area contributed by atoms with Crippen LogP contribution in [0.5, 0.6) is 0 Å². The average molecular weight is 278 g/mol. The van der Waals surface area contributed by atoms with Gasteiger partial charge in [-0.3, -0.25) is 9.79 Å². The third kappa shape index (κ3) is 3.19. The van der Waals surface area contributed by atoms with Crippen molar-refractivity contribution in [3.05, 3.63) is 71.8 Å². The highest BCUT2D eigenvalue weighted by Crippen LogP contribution is 2.15. The van der Waals surface area contributed by atoms with Crippen molar-refractivity contribution in [3.63, 3.8) is 0 Å². The molecule has 0 spiro atoms. The van der Waals surface area contributed by atoms with Crippen LogP contribution in [0.2, 0.25) is 0 Å². The quantitative estimate of drug-likeness (QED) is 0.862. The van der Waals surface area contributed by atoms with Crippen LogP contribution >= 0.6 is 0 Å². The minimum absolute atomic E-state index is 0.0330. The Morgan fingerprint density at radius 3 is 2.05 bits per heavy atom. The maximum absolute atomic E-state index is 12.0. The first-order valence-corrected chi connectivity index (χ1v) is 7.31. The fourth-order valence-electron chi connectivity index (χ4n) is 2.54. The summed E-state index contributed by atoms with van der Waals surface area (Å²) in [5.41, 5.74) is 2.97. The number of benzene rings is 2. The van der Waals surface area contributed by atoms with Crippen molar-refractivity contribution in [2.75, 3.05) is 6.54 Å². The molecule has 0 aromatic heterocycles. The molecule has 1 saturated heterocycles. The van der Waals surface area contributed by atoms with E-state index in [9.17, 15) is 4.79 Å². The number of piperidine rings is 1. The molecular weight excluding hydrogens is 260 g/mol. The van der Waals surface area contributed by atoms with Gasteiger partial charge in [0.15, 0.2) is 0 Å². The second-order valence-electron chi connectivity index (χ2n) is 5.16. The first kappa shape index (κ1) is 13.6. The van der Waals surface area contributed by atoms with Crippen molar-refractivity contribution >= 4 is 11.6 Å². The van der Waals surface area contributed by atoms with Crippen LogP contribution in [0, 0.1) is 0 Å². The Morgan fingerprint density at radius 1 is 0.952 bits per heavy atom. The second kappa shape index (κ2) is 6.35. The molecule has 1 amide bonds. The number of hydrogen-bond donors (Lipinski definition) is 1. The summed E-state index contributed by atoms with van der Waals surface area (Å²) >= 11 is 0. The Balaban J connectivity index is 2.02. The number of rotatable bonds is 3. The van der Waals surface area contributed by atoms with Crippen molar-refractivity contribution in [3.8, 4) is 0 Å². The lowest BCUT2D eigenvalue weighted by Gasteiger charge is -2.20. The Kier molecular flexibility index (Phi) is 4.10. The van der Waals surface area contributed by atoms with E-state index >= 15 is 0 Å².